The Bertz CT molecular complexity index is 620. The average Bonchev–Trinajstić information content (AvgIpc) is 2.71. The van der Waals surface area contributed by atoms with Crippen LogP contribution < -0.4 is 5.73 Å². The summed E-state index contributed by atoms with van der Waals surface area (Å²) in [5, 5.41) is 0. The Morgan fingerprint density at radius 2 is 1.62 bits per heavy atom. The van der Waals surface area contributed by atoms with Crippen molar-refractivity contribution in [3.05, 3.63) is 58.0 Å². The van der Waals surface area contributed by atoms with Crippen molar-refractivity contribution in [3.8, 4) is 0 Å². The highest BCUT2D eigenvalue weighted by atomic mass is 16.3. The van der Waals surface area contributed by atoms with Crippen molar-refractivity contribution >= 4 is 0 Å². The van der Waals surface area contributed by atoms with E-state index < -0.39 is 0 Å². The molecule has 1 heterocycles. The highest BCUT2D eigenvalue weighted by Crippen LogP contribution is 2.32. The summed E-state index contributed by atoms with van der Waals surface area (Å²) < 4.78 is 5.70. The van der Waals surface area contributed by atoms with Crippen LogP contribution in [0.5, 0.6) is 0 Å². The highest BCUT2D eigenvalue weighted by Gasteiger charge is 2.21. The van der Waals surface area contributed by atoms with Crippen LogP contribution in [0.3, 0.4) is 0 Å². The van der Waals surface area contributed by atoms with Crippen molar-refractivity contribution in [1.29, 1.82) is 0 Å². The first-order valence-corrected chi connectivity index (χ1v) is 7.70. The van der Waals surface area contributed by atoms with Gasteiger partial charge in [0, 0.05) is 5.56 Å². The van der Waals surface area contributed by atoms with Gasteiger partial charge in [0.15, 0.2) is 0 Å². The van der Waals surface area contributed by atoms with Gasteiger partial charge in [-0.1, -0.05) is 45.0 Å². The average molecular weight is 285 g/mol. The van der Waals surface area contributed by atoms with Gasteiger partial charge in [-0.2, -0.15) is 0 Å². The molecule has 0 bridgehead atoms. The molecule has 1 aromatic heterocycles. The molecular weight excluding hydrogens is 258 g/mol. The van der Waals surface area contributed by atoms with Gasteiger partial charge < -0.3 is 10.2 Å². The molecule has 0 amide bonds. The fraction of sp³-hybridized carbons (Fsp3) is 0.474. The Morgan fingerprint density at radius 3 is 2.05 bits per heavy atom. The number of nitrogens with two attached hydrogens (primary N) is 1. The monoisotopic (exact) mass is 285 g/mol. The van der Waals surface area contributed by atoms with Gasteiger partial charge >= 0.3 is 0 Å². The molecule has 114 valence electrons. The molecule has 2 N–H and O–H groups in total. The van der Waals surface area contributed by atoms with Crippen LogP contribution in [0.4, 0.5) is 0 Å². The van der Waals surface area contributed by atoms with E-state index in [1.807, 2.05) is 13.8 Å². The SMILES string of the molecule is CCC(C)(C)c1ccc(C(N)c2c(C)oc(C)c2C)cc1. The molecular formula is C19H27NO. The molecule has 0 aliphatic heterocycles. The van der Waals surface area contributed by atoms with Crippen molar-refractivity contribution in [3.63, 3.8) is 0 Å². The number of rotatable bonds is 4. The lowest BCUT2D eigenvalue weighted by atomic mass is 9.81. The lowest BCUT2D eigenvalue weighted by Gasteiger charge is -2.24. The fourth-order valence-corrected chi connectivity index (χ4v) is 2.78. The Labute approximate surface area is 128 Å². The van der Waals surface area contributed by atoms with E-state index in [-0.39, 0.29) is 11.5 Å². The lowest BCUT2D eigenvalue weighted by molar-refractivity contribution is 0.498. The summed E-state index contributed by atoms with van der Waals surface area (Å²) in [4.78, 5) is 0. The summed E-state index contributed by atoms with van der Waals surface area (Å²) in [6.07, 6.45) is 1.12. The molecule has 2 heteroatoms. The van der Waals surface area contributed by atoms with Crippen molar-refractivity contribution in [2.45, 2.75) is 59.4 Å². The summed E-state index contributed by atoms with van der Waals surface area (Å²) in [6, 6.07) is 8.59. The molecule has 1 atom stereocenters. The first-order valence-electron chi connectivity index (χ1n) is 7.70. The van der Waals surface area contributed by atoms with E-state index in [2.05, 4.69) is 52.0 Å². The predicted octanol–water partition coefficient (Wildman–Crippen LogP) is 4.94. The third-order valence-electron chi connectivity index (χ3n) is 4.86. The maximum absolute atomic E-state index is 6.46. The third-order valence-corrected chi connectivity index (χ3v) is 4.86. The molecule has 0 aliphatic carbocycles. The predicted molar refractivity (Wildman–Crippen MR) is 88.7 cm³/mol. The van der Waals surface area contributed by atoms with Gasteiger partial charge in [0.2, 0.25) is 0 Å². The zero-order valence-corrected chi connectivity index (χ0v) is 14.1. The van der Waals surface area contributed by atoms with Crippen LogP contribution in [-0.2, 0) is 5.41 Å². The van der Waals surface area contributed by atoms with Gasteiger partial charge in [0.1, 0.15) is 11.5 Å². The lowest BCUT2D eigenvalue weighted by Crippen LogP contribution is -2.17. The van der Waals surface area contributed by atoms with E-state index in [1.165, 1.54) is 5.56 Å². The Kier molecular flexibility index (Phi) is 4.29. The topological polar surface area (TPSA) is 39.2 Å². The Hall–Kier alpha value is -1.54. The zero-order valence-electron chi connectivity index (χ0n) is 14.1. The minimum absolute atomic E-state index is 0.124. The molecule has 1 unspecified atom stereocenters. The first kappa shape index (κ1) is 15.8. The first-order chi connectivity index (χ1) is 9.77. The number of hydrogen-bond donors (Lipinski definition) is 1. The Balaban J connectivity index is 2.34. The van der Waals surface area contributed by atoms with E-state index in [0.29, 0.717) is 0 Å². The molecule has 0 spiro atoms. The van der Waals surface area contributed by atoms with Crippen LogP contribution in [0.15, 0.2) is 28.7 Å². The molecule has 0 aliphatic rings. The molecule has 21 heavy (non-hydrogen) atoms. The normalized spacial score (nSPS) is 13.5. The summed E-state index contributed by atoms with van der Waals surface area (Å²) in [6.45, 7) is 12.8. The second kappa shape index (κ2) is 5.69. The minimum atomic E-state index is -0.124. The standard InChI is InChI=1S/C19H27NO/c1-7-19(5,6)16-10-8-15(9-11-16)18(20)17-12(2)13(3)21-14(17)4/h8-11,18H,7,20H2,1-6H3. The molecule has 2 nitrogen and oxygen atoms in total. The van der Waals surface area contributed by atoms with Gasteiger partial charge in [-0.05, 0) is 49.3 Å². The zero-order chi connectivity index (χ0) is 15.8. The van der Waals surface area contributed by atoms with E-state index in [0.717, 1.165) is 34.6 Å². The molecule has 2 rings (SSSR count). The quantitative estimate of drug-likeness (QED) is 0.864. The minimum Gasteiger partial charge on any atom is -0.466 e. The van der Waals surface area contributed by atoms with Crippen LogP contribution in [0.1, 0.15) is 67.0 Å². The van der Waals surface area contributed by atoms with Crippen LogP contribution in [0.25, 0.3) is 0 Å². The summed E-state index contributed by atoms with van der Waals surface area (Å²) >= 11 is 0. The number of benzene rings is 1. The second-order valence-corrected chi connectivity index (χ2v) is 6.59. The summed E-state index contributed by atoms with van der Waals surface area (Å²) in [5.41, 5.74) is 11.5. The molecule has 2 aromatic rings. The molecule has 0 saturated heterocycles. The van der Waals surface area contributed by atoms with Crippen LogP contribution in [0.2, 0.25) is 0 Å². The number of furan rings is 1. The maximum Gasteiger partial charge on any atom is 0.106 e. The van der Waals surface area contributed by atoms with Crippen molar-refractivity contribution in [2.75, 3.05) is 0 Å². The van der Waals surface area contributed by atoms with Crippen molar-refractivity contribution < 1.29 is 4.42 Å². The Morgan fingerprint density at radius 1 is 1.05 bits per heavy atom. The van der Waals surface area contributed by atoms with Crippen molar-refractivity contribution in [1.82, 2.24) is 0 Å². The van der Waals surface area contributed by atoms with E-state index in [4.69, 9.17) is 10.2 Å². The van der Waals surface area contributed by atoms with Gasteiger partial charge in [-0.3, -0.25) is 0 Å². The van der Waals surface area contributed by atoms with E-state index in [9.17, 15) is 0 Å². The van der Waals surface area contributed by atoms with Crippen LogP contribution >= 0.6 is 0 Å². The number of hydrogen-bond acceptors (Lipinski definition) is 2. The highest BCUT2D eigenvalue weighted by molar-refractivity contribution is 5.41. The van der Waals surface area contributed by atoms with E-state index in [1.54, 1.807) is 0 Å². The van der Waals surface area contributed by atoms with Gasteiger partial charge in [-0.15, -0.1) is 0 Å². The fourth-order valence-electron chi connectivity index (χ4n) is 2.78. The molecule has 0 saturated carbocycles. The van der Waals surface area contributed by atoms with E-state index >= 15 is 0 Å². The molecule has 0 radical (unpaired) electrons. The smallest absolute Gasteiger partial charge is 0.106 e. The third kappa shape index (κ3) is 2.91. The van der Waals surface area contributed by atoms with Crippen LogP contribution in [0, 0.1) is 20.8 Å². The number of aryl methyl sites for hydroxylation is 2. The largest absolute Gasteiger partial charge is 0.466 e. The summed E-state index contributed by atoms with van der Waals surface area (Å²) in [5.74, 6) is 1.89. The van der Waals surface area contributed by atoms with Gasteiger partial charge in [-0.25, -0.2) is 0 Å². The molecule has 1 aromatic carbocycles. The second-order valence-electron chi connectivity index (χ2n) is 6.59. The van der Waals surface area contributed by atoms with Crippen LogP contribution in [-0.4, -0.2) is 0 Å². The van der Waals surface area contributed by atoms with Gasteiger partial charge in [0.25, 0.3) is 0 Å². The van der Waals surface area contributed by atoms with Gasteiger partial charge in [0.05, 0.1) is 6.04 Å². The van der Waals surface area contributed by atoms with Crippen molar-refractivity contribution in [2.24, 2.45) is 5.73 Å². The molecule has 0 fully saturated rings. The maximum atomic E-state index is 6.46. The summed E-state index contributed by atoms with van der Waals surface area (Å²) in [7, 11) is 0.